The molecular weight excluding hydrogens is 236 g/mol. The van der Waals surface area contributed by atoms with E-state index in [0.717, 1.165) is 18.8 Å². The lowest BCUT2D eigenvalue weighted by molar-refractivity contribution is -0.242. The van der Waals surface area contributed by atoms with Gasteiger partial charge in [0.15, 0.2) is 0 Å². The maximum Gasteiger partial charge on any atom is 0.333 e. The van der Waals surface area contributed by atoms with Crippen molar-refractivity contribution in [1.29, 1.82) is 0 Å². The molecule has 4 bridgehead atoms. The zero-order chi connectivity index (χ0) is 14.1. The Morgan fingerprint density at radius 1 is 1.21 bits per heavy atom. The van der Waals surface area contributed by atoms with Crippen molar-refractivity contribution in [3.05, 3.63) is 12.2 Å². The molecule has 4 rings (SSSR count). The lowest BCUT2D eigenvalue weighted by atomic mass is 9.40. The molecule has 5 atom stereocenters. The molecule has 2 heteroatoms. The predicted octanol–water partition coefficient (Wildman–Crippen LogP) is 4.10. The predicted molar refractivity (Wildman–Crippen MR) is 75.6 cm³/mol. The molecule has 0 radical (unpaired) electrons. The Morgan fingerprint density at radius 3 is 2.47 bits per heavy atom. The summed E-state index contributed by atoms with van der Waals surface area (Å²) >= 11 is 0. The number of hydrogen-bond donors (Lipinski definition) is 0. The van der Waals surface area contributed by atoms with Crippen molar-refractivity contribution in [2.24, 2.45) is 22.7 Å². The third-order valence-corrected chi connectivity index (χ3v) is 6.21. The standard InChI is InChI=1S/C17H26O2/c1-11(2)14(18)19-17-8-13-6-15(4,10-17)9-16(5,7-13)12(17)3/h12-13H,1,6-10H2,2-5H3. The number of esters is 1. The van der Waals surface area contributed by atoms with Crippen LogP contribution in [0.2, 0.25) is 0 Å². The molecule has 2 nitrogen and oxygen atoms in total. The van der Waals surface area contributed by atoms with Gasteiger partial charge in [-0.25, -0.2) is 4.79 Å². The second-order valence-corrected chi connectivity index (χ2v) is 8.25. The number of hydrogen-bond acceptors (Lipinski definition) is 2. The van der Waals surface area contributed by atoms with Crippen LogP contribution < -0.4 is 0 Å². The number of rotatable bonds is 2. The molecule has 0 amide bonds. The van der Waals surface area contributed by atoms with Gasteiger partial charge in [0.25, 0.3) is 0 Å². The van der Waals surface area contributed by atoms with E-state index in [2.05, 4.69) is 27.4 Å². The quantitative estimate of drug-likeness (QED) is 0.553. The summed E-state index contributed by atoms with van der Waals surface area (Å²) < 4.78 is 6.02. The van der Waals surface area contributed by atoms with E-state index in [9.17, 15) is 4.79 Å². The zero-order valence-corrected chi connectivity index (χ0v) is 12.7. The third kappa shape index (κ3) is 1.79. The van der Waals surface area contributed by atoms with Crippen LogP contribution in [0, 0.1) is 22.7 Å². The second-order valence-electron chi connectivity index (χ2n) is 8.25. The third-order valence-electron chi connectivity index (χ3n) is 6.21. The Labute approximate surface area is 116 Å². The summed E-state index contributed by atoms with van der Waals surface area (Å²) in [6.07, 6.45) is 6.05. The van der Waals surface area contributed by atoms with Crippen molar-refractivity contribution < 1.29 is 9.53 Å². The fraction of sp³-hybridized carbons (Fsp3) is 0.824. The molecule has 4 aliphatic carbocycles. The molecule has 0 N–H and O–H groups in total. The van der Waals surface area contributed by atoms with Gasteiger partial charge in [0.05, 0.1) is 0 Å². The van der Waals surface area contributed by atoms with Crippen LogP contribution in [0.25, 0.3) is 0 Å². The molecule has 5 unspecified atom stereocenters. The Hall–Kier alpha value is -0.790. The molecule has 0 aromatic rings. The fourth-order valence-electron chi connectivity index (χ4n) is 5.84. The monoisotopic (exact) mass is 262 g/mol. The van der Waals surface area contributed by atoms with Gasteiger partial charge in [-0.2, -0.15) is 0 Å². The molecule has 4 saturated carbocycles. The molecule has 0 heterocycles. The van der Waals surface area contributed by atoms with Crippen LogP contribution in [0.15, 0.2) is 12.2 Å². The van der Waals surface area contributed by atoms with E-state index >= 15 is 0 Å². The lowest BCUT2D eigenvalue weighted by Crippen LogP contribution is -2.65. The Morgan fingerprint density at radius 2 is 1.89 bits per heavy atom. The van der Waals surface area contributed by atoms with E-state index in [-0.39, 0.29) is 11.6 Å². The maximum atomic E-state index is 12.1. The summed E-state index contributed by atoms with van der Waals surface area (Å²) in [7, 11) is 0. The summed E-state index contributed by atoms with van der Waals surface area (Å²) in [4.78, 5) is 12.1. The van der Waals surface area contributed by atoms with Crippen LogP contribution in [0.1, 0.15) is 59.8 Å². The summed E-state index contributed by atoms with van der Waals surface area (Å²) in [5.41, 5.74) is 1.03. The van der Waals surface area contributed by atoms with Crippen molar-refractivity contribution in [2.45, 2.75) is 65.4 Å². The van der Waals surface area contributed by atoms with Crippen LogP contribution in [0.4, 0.5) is 0 Å². The normalized spacial score (nSPS) is 51.2. The summed E-state index contributed by atoms with van der Waals surface area (Å²) in [5.74, 6) is 1.01. The Bertz CT molecular complexity index is 454. The molecule has 0 saturated heterocycles. The topological polar surface area (TPSA) is 26.3 Å². The van der Waals surface area contributed by atoms with E-state index < -0.39 is 0 Å². The zero-order valence-electron chi connectivity index (χ0n) is 12.7. The first-order chi connectivity index (χ1) is 8.68. The lowest BCUT2D eigenvalue weighted by Gasteiger charge is -2.67. The minimum Gasteiger partial charge on any atom is -0.455 e. The van der Waals surface area contributed by atoms with E-state index in [1.807, 2.05) is 0 Å². The van der Waals surface area contributed by atoms with Crippen LogP contribution in [0.3, 0.4) is 0 Å². The second kappa shape index (κ2) is 3.65. The van der Waals surface area contributed by atoms with Gasteiger partial charge in [-0.15, -0.1) is 0 Å². The fourth-order valence-corrected chi connectivity index (χ4v) is 5.84. The van der Waals surface area contributed by atoms with Crippen molar-refractivity contribution in [1.82, 2.24) is 0 Å². The molecule has 0 aromatic carbocycles. The van der Waals surface area contributed by atoms with Gasteiger partial charge in [-0.3, -0.25) is 0 Å². The van der Waals surface area contributed by atoms with E-state index in [1.165, 1.54) is 19.3 Å². The average molecular weight is 262 g/mol. The summed E-state index contributed by atoms with van der Waals surface area (Å²) in [5, 5.41) is 0. The SMILES string of the molecule is C=C(C)C(=O)OC12CC3CC(C)(CC(C)(C3)C1C)C2. The highest BCUT2D eigenvalue weighted by molar-refractivity contribution is 5.87. The average Bonchev–Trinajstić information content (AvgIpc) is 2.22. The molecule has 4 fully saturated rings. The van der Waals surface area contributed by atoms with Crippen LogP contribution in [0.5, 0.6) is 0 Å². The number of ether oxygens (including phenoxy) is 1. The molecule has 106 valence electrons. The van der Waals surface area contributed by atoms with Crippen LogP contribution in [-0.2, 0) is 9.53 Å². The van der Waals surface area contributed by atoms with E-state index in [0.29, 0.717) is 22.3 Å². The minimum absolute atomic E-state index is 0.194. The van der Waals surface area contributed by atoms with Gasteiger partial charge in [-0.05, 0) is 55.8 Å². The van der Waals surface area contributed by atoms with Gasteiger partial charge in [0, 0.05) is 11.5 Å². The first-order valence-electron chi connectivity index (χ1n) is 7.57. The summed E-state index contributed by atoms with van der Waals surface area (Å²) in [6.45, 7) is 12.6. The smallest absolute Gasteiger partial charge is 0.333 e. The van der Waals surface area contributed by atoms with Crippen molar-refractivity contribution in [3.63, 3.8) is 0 Å². The highest BCUT2D eigenvalue weighted by Crippen LogP contribution is 2.69. The van der Waals surface area contributed by atoms with Crippen molar-refractivity contribution >= 4 is 5.97 Å². The van der Waals surface area contributed by atoms with Gasteiger partial charge in [0.2, 0.25) is 0 Å². The highest BCUT2D eigenvalue weighted by Gasteiger charge is 2.65. The van der Waals surface area contributed by atoms with E-state index in [1.54, 1.807) is 6.92 Å². The van der Waals surface area contributed by atoms with Gasteiger partial charge >= 0.3 is 5.97 Å². The summed E-state index contributed by atoms with van der Waals surface area (Å²) in [6, 6.07) is 0. The number of carbonyl (C=O) groups is 1. The van der Waals surface area contributed by atoms with Crippen molar-refractivity contribution in [3.8, 4) is 0 Å². The Kier molecular flexibility index (Phi) is 2.54. The first-order valence-corrected chi connectivity index (χ1v) is 7.57. The molecule has 19 heavy (non-hydrogen) atoms. The molecule has 0 aliphatic heterocycles. The first kappa shape index (κ1) is 13.2. The Balaban J connectivity index is 1.96. The van der Waals surface area contributed by atoms with E-state index in [4.69, 9.17) is 4.74 Å². The molecule has 0 spiro atoms. The van der Waals surface area contributed by atoms with Gasteiger partial charge < -0.3 is 4.74 Å². The molecule has 0 aromatic heterocycles. The maximum absolute atomic E-state index is 12.1. The largest absolute Gasteiger partial charge is 0.455 e. The van der Waals surface area contributed by atoms with Gasteiger partial charge in [-0.1, -0.05) is 27.4 Å². The number of carbonyl (C=O) groups excluding carboxylic acids is 1. The van der Waals surface area contributed by atoms with Crippen LogP contribution in [-0.4, -0.2) is 11.6 Å². The van der Waals surface area contributed by atoms with Crippen LogP contribution >= 0.6 is 0 Å². The van der Waals surface area contributed by atoms with Crippen molar-refractivity contribution in [2.75, 3.05) is 0 Å². The molecule has 4 aliphatic rings. The highest BCUT2D eigenvalue weighted by atomic mass is 16.6. The molecular formula is C17H26O2. The minimum atomic E-state index is -0.223. The van der Waals surface area contributed by atoms with Gasteiger partial charge in [0.1, 0.15) is 5.60 Å².